The molecule has 2 nitrogen and oxygen atoms in total. The zero-order valence-corrected chi connectivity index (χ0v) is 10.6. The average molecular weight is 227 g/mol. The molecule has 0 aromatic carbocycles. The lowest BCUT2D eigenvalue weighted by atomic mass is 9.97. The molecule has 1 saturated carbocycles. The molecule has 15 heavy (non-hydrogen) atoms. The molecule has 1 aliphatic carbocycles. The normalized spacial score (nSPS) is 38.5. The monoisotopic (exact) mass is 227 g/mol. The molecule has 1 heterocycles. The van der Waals surface area contributed by atoms with Gasteiger partial charge in [-0.05, 0) is 19.1 Å². The van der Waals surface area contributed by atoms with Gasteiger partial charge in [-0.2, -0.15) is 11.8 Å². The van der Waals surface area contributed by atoms with Crippen LogP contribution in [0.25, 0.3) is 0 Å². The van der Waals surface area contributed by atoms with E-state index in [1.807, 2.05) is 11.8 Å². The lowest BCUT2D eigenvalue weighted by Gasteiger charge is -2.37. The fourth-order valence-electron chi connectivity index (χ4n) is 2.95. The smallest absolute Gasteiger partial charge is 0.138 e. The number of nitrogens with zero attached hydrogens (tertiary/aromatic N) is 1. The molecular formula is C12H21NOS. The molecule has 3 unspecified atom stereocenters. The molecule has 1 saturated heterocycles. The molecule has 0 aromatic heterocycles. The number of carbonyl (C=O) groups is 1. The summed E-state index contributed by atoms with van der Waals surface area (Å²) in [5.74, 6) is 0.729. The Balaban J connectivity index is 1.96. The van der Waals surface area contributed by atoms with Crippen LogP contribution in [0, 0.1) is 5.92 Å². The number of ketones is 1. The van der Waals surface area contributed by atoms with Gasteiger partial charge in [-0.25, -0.2) is 0 Å². The summed E-state index contributed by atoms with van der Waals surface area (Å²) in [6.45, 7) is 4.09. The third-order valence-corrected chi connectivity index (χ3v) is 5.05. The SMILES string of the molecule is CSC1CCCC1N1CCC(=O)C(C)C1. The van der Waals surface area contributed by atoms with Crippen molar-refractivity contribution in [3.05, 3.63) is 0 Å². The highest BCUT2D eigenvalue weighted by Crippen LogP contribution is 2.33. The average Bonchev–Trinajstić information content (AvgIpc) is 2.70. The summed E-state index contributed by atoms with van der Waals surface area (Å²) < 4.78 is 0. The van der Waals surface area contributed by atoms with Gasteiger partial charge in [0.1, 0.15) is 5.78 Å². The van der Waals surface area contributed by atoms with E-state index in [0.717, 1.165) is 30.8 Å². The fourth-order valence-corrected chi connectivity index (χ4v) is 3.97. The van der Waals surface area contributed by atoms with Crippen LogP contribution in [0.3, 0.4) is 0 Å². The van der Waals surface area contributed by atoms with Gasteiger partial charge < -0.3 is 0 Å². The van der Waals surface area contributed by atoms with Gasteiger partial charge in [0.05, 0.1) is 0 Å². The quantitative estimate of drug-likeness (QED) is 0.721. The summed E-state index contributed by atoms with van der Waals surface area (Å²) in [4.78, 5) is 14.0. The summed E-state index contributed by atoms with van der Waals surface area (Å²) in [6.07, 6.45) is 7.08. The van der Waals surface area contributed by atoms with Crippen molar-refractivity contribution in [2.75, 3.05) is 19.3 Å². The lowest BCUT2D eigenvalue weighted by Crippen LogP contribution is -2.47. The van der Waals surface area contributed by atoms with Crippen molar-refractivity contribution < 1.29 is 4.79 Å². The van der Waals surface area contributed by atoms with Crippen molar-refractivity contribution in [2.24, 2.45) is 5.92 Å². The number of rotatable bonds is 2. The molecule has 2 aliphatic rings. The third kappa shape index (κ3) is 2.39. The largest absolute Gasteiger partial charge is 0.299 e. The maximum atomic E-state index is 11.5. The Morgan fingerprint density at radius 3 is 2.87 bits per heavy atom. The van der Waals surface area contributed by atoms with Crippen LogP contribution in [0.2, 0.25) is 0 Å². The van der Waals surface area contributed by atoms with Crippen LogP contribution in [-0.2, 0) is 4.79 Å². The number of hydrogen-bond acceptors (Lipinski definition) is 3. The van der Waals surface area contributed by atoms with Crippen LogP contribution < -0.4 is 0 Å². The minimum atomic E-state index is 0.266. The highest BCUT2D eigenvalue weighted by atomic mass is 32.2. The Hall–Kier alpha value is -0.0200. The molecule has 86 valence electrons. The summed E-state index contributed by atoms with van der Waals surface area (Å²) in [5.41, 5.74) is 0. The Kier molecular flexibility index (Phi) is 3.73. The number of hydrogen-bond donors (Lipinski definition) is 0. The summed E-state index contributed by atoms with van der Waals surface area (Å²) in [5, 5.41) is 0.811. The summed E-state index contributed by atoms with van der Waals surface area (Å²) in [6, 6.07) is 0.746. The van der Waals surface area contributed by atoms with E-state index in [2.05, 4.69) is 18.1 Å². The van der Waals surface area contributed by atoms with E-state index in [4.69, 9.17) is 0 Å². The van der Waals surface area contributed by atoms with Gasteiger partial charge in [0.25, 0.3) is 0 Å². The van der Waals surface area contributed by atoms with Gasteiger partial charge in [0.2, 0.25) is 0 Å². The van der Waals surface area contributed by atoms with E-state index in [0.29, 0.717) is 5.78 Å². The van der Waals surface area contributed by atoms with Crippen molar-refractivity contribution in [1.29, 1.82) is 0 Å². The highest BCUT2D eigenvalue weighted by molar-refractivity contribution is 7.99. The maximum absolute atomic E-state index is 11.5. The van der Waals surface area contributed by atoms with Gasteiger partial charge in [-0.3, -0.25) is 9.69 Å². The van der Waals surface area contributed by atoms with Crippen LogP contribution in [0.5, 0.6) is 0 Å². The van der Waals surface area contributed by atoms with Crippen molar-refractivity contribution >= 4 is 17.5 Å². The first-order valence-corrected chi connectivity index (χ1v) is 7.30. The van der Waals surface area contributed by atoms with Gasteiger partial charge in [0.15, 0.2) is 0 Å². The number of thioether (sulfide) groups is 1. The van der Waals surface area contributed by atoms with Crippen LogP contribution in [0.15, 0.2) is 0 Å². The first-order valence-electron chi connectivity index (χ1n) is 6.02. The van der Waals surface area contributed by atoms with Crippen LogP contribution in [0.1, 0.15) is 32.6 Å². The van der Waals surface area contributed by atoms with E-state index >= 15 is 0 Å². The highest BCUT2D eigenvalue weighted by Gasteiger charge is 2.35. The predicted octanol–water partition coefficient (Wildman–Crippen LogP) is 2.18. The Labute approximate surface area is 96.8 Å². The molecule has 0 bridgehead atoms. The van der Waals surface area contributed by atoms with Crippen molar-refractivity contribution in [3.8, 4) is 0 Å². The molecular weight excluding hydrogens is 206 g/mol. The molecule has 2 fully saturated rings. The zero-order chi connectivity index (χ0) is 10.8. The number of likely N-dealkylation sites (tertiary alicyclic amines) is 1. The molecule has 0 spiro atoms. The first-order chi connectivity index (χ1) is 7.22. The lowest BCUT2D eigenvalue weighted by molar-refractivity contribution is -0.126. The fraction of sp³-hybridized carbons (Fsp3) is 0.917. The van der Waals surface area contributed by atoms with E-state index in [1.165, 1.54) is 19.3 Å². The second-order valence-corrected chi connectivity index (χ2v) is 5.96. The standard InChI is InChI=1S/C12H21NOS/c1-9-8-13(7-6-11(9)14)10-4-3-5-12(10)15-2/h9-10,12H,3-8H2,1-2H3. The van der Waals surface area contributed by atoms with E-state index < -0.39 is 0 Å². The number of Topliss-reactive ketones (excluding diaryl/α,β-unsaturated/α-hetero) is 1. The van der Waals surface area contributed by atoms with Crippen LogP contribution >= 0.6 is 11.8 Å². The van der Waals surface area contributed by atoms with E-state index in [9.17, 15) is 4.79 Å². The van der Waals surface area contributed by atoms with Crippen molar-refractivity contribution in [3.63, 3.8) is 0 Å². The van der Waals surface area contributed by atoms with Crippen LogP contribution in [-0.4, -0.2) is 41.3 Å². The van der Waals surface area contributed by atoms with Crippen LogP contribution in [0.4, 0.5) is 0 Å². The van der Waals surface area contributed by atoms with Gasteiger partial charge >= 0.3 is 0 Å². The Morgan fingerprint density at radius 1 is 1.40 bits per heavy atom. The Bertz CT molecular complexity index is 244. The summed E-state index contributed by atoms with van der Waals surface area (Å²) >= 11 is 2.01. The number of piperidine rings is 1. The number of carbonyl (C=O) groups excluding carboxylic acids is 1. The van der Waals surface area contributed by atoms with Gasteiger partial charge in [0, 0.05) is 36.7 Å². The van der Waals surface area contributed by atoms with Gasteiger partial charge in [-0.1, -0.05) is 13.3 Å². The second kappa shape index (κ2) is 4.88. The maximum Gasteiger partial charge on any atom is 0.138 e. The molecule has 3 atom stereocenters. The topological polar surface area (TPSA) is 20.3 Å². The second-order valence-electron chi connectivity index (χ2n) is 4.88. The molecule has 0 radical (unpaired) electrons. The first kappa shape index (κ1) is 11.5. The van der Waals surface area contributed by atoms with Gasteiger partial charge in [-0.15, -0.1) is 0 Å². The predicted molar refractivity (Wildman–Crippen MR) is 65.3 cm³/mol. The molecule has 0 aromatic rings. The molecule has 0 N–H and O–H groups in total. The van der Waals surface area contributed by atoms with E-state index in [1.54, 1.807) is 0 Å². The molecule has 2 rings (SSSR count). The van der Waals surface area contributed by atoms with E-state index in [-0.39, 0.29) is 5.92 Å². The third-order valence-electron chi connectivity index (χ3n) is 3.89. The van der Waals surface area contributed by atoms with Crippen molar-refractivity contribution in [2.45, 2.75) is 43.9 Å². The van der Waals surface area contributed by atoms with Crippen molar-refractivity contribution in [1.82, 2.24) is 4.90 Å². The summed E-state index contributed by atoms with van der Waals surface area (Å²) in [7, 11) is 0. The molecule has 0 amide bonds. The minimum absolute atomic E-state index is 0.266. The molecule has 1 aliphatic heterocycles. The Morgan fingerprint density at radius 2 is 2.20 bits per heavy atom. The minimum Gasteiger partial charge on any atom is -0.299 e. The zero-order valence-electron chi connectivity index (χ0n) is 9.74. The molecule has 3 heteroatoms.